The fourth-order valence-corrected chi connectivity index (χ4v) is 2.98. The van der Waals surface area contributed by atoms with Crippen molar-refractivity contribution < 1.29 is 0 Å². The molecule has 0 heterocycles. The first kappa shape index (κ1) is 16.5. The smallest absolute Gasteiger partial charge is 0.171 e. The van der Waals surface area contributed by atoms with Gasteiger partial charge in [-0.25, -0.2) is 0 Å². The molecule has 0 saturated heterocycles. The largest absolute Gasteiger partial charge is 0.356 e. The first-order chi connectivity index (χ1) is 10.4. The van der Waals surface area contributed by atoms with Gasteiger partial charge >= 0.3 is 0 Å². The minimum Gasteiger partial charge on any atom is -0.356 e. The molecule has 0 aliphatic heterocycles. The maximum absolute atomic E-state index is 5.45. The summed E-state index contributed by atoms with van der Waals surface area (Å²) in [5.41, 5.74) is 7.35. The Bertz CT molecular complexity index is 692. The molecule has 0 bridgehead atoms. The van der Waals surface area contributed by atoms with E-state index >= 15 is 0 Å². The van der Waals surface area contributed by atoms with Crippen LogP contribution in [0.2, 0.25) is 0 Å². The second-order valence-electron chi connectivity index (χ2n) is 6.00. The van der Waals surface area contributed by atoms with Crippen molar-refractivity contribution in [2.24, 2.45) is 0 Å². The Kier molecular flexibility index (Phi) is 5.19. The first-order valence-corrected chi connectivity index (χ1v) is 7.99. The molecule has 0 fully saturated rings. The van der Waals surface area contributed by atoms with Gasteiger partial charge in [0.2, 0.25) is 0 Å². The number of nitrogens with one attached hydrogen (secondary N) is 2. The maximum Gasteiger partial charge on any atom is 0.171 e. The molecule has 2 rings (SSSR count). The van der Waals surface area contributed by atoms with E-state index in [0.717, 1.165) is 5.69 Å². The van der Waals surface area contributed by atoms with Gasteiger partial charge in [0.05, 0.1) is 6.04 Å². The van der Waals surface area contributed by atoms with E-state index in [1.54, 1.807) is 0 Å². The van der Waals surface area contributed by atoms with Crippen LogP contribution in [-0.2, 0) is 0 Å². The SMILES string of the molecule is Cc1ccc(NC(=S)NC(C)c2ccc(C)cc2C)c(C)c1. The number of hydrogen-bond acceptors (Lipinski definition) is 1. The lowest BCUT2D eigenvalue weighted by Gasteiger charge is -2.20. The number of rotatable bonds is 3. The van der Waals surface area contributed by atoms with Crippen molar-refractivity contribution in [3.05, 3.63) is 64.2 Å². The lowest BCUT2D eigenvalue weighted by Crippen LogP contribution is -2.31. The Morgan fingerprint density at radius 2 is 1.50 bits per heavy atom. The van der Waals surface area contributed by atoms with E-state index in [-0.39, 0.29) is 6.04 Å². The second-order valence-corrected chi connectivity index (χ2v) is 6.41. The van der Waals surface area contributed by atoms with Gasteiger partial charge in [0.1, 0.15) is 0 Å². The van der Waals surface area contributed by atoms with E-state index in [9.17, 15) is 0 Å². The van der Waals surface area contributed by atoms with Crippen LogP contribution in [0.15, 0.2) is 36.4 Å². The van der Waals surface area contributed by atoms with E-state index in [0.29, 0.717) is 5.11 Å². The molecule has 2 aromatic carbocycles. The Morgan fingerprint density at radius 3 is 2.09 bits per heavy atom. The van der Waals surface area contributed by atoms with Crippen molar-refractivity contribution in [3.8, 4) is 0 Å². The zero-order valence-corrected chi connectivity index (χ0v) is 14.8. The third-order valence-corrected chi connectivity index (χ3v) is 4.09. The Hall–Kier alpha value is -1.87. The van der Waals surface area contributed by atoms with Crippen molar-refractivity contribution in [1.82, 2.24) is 5.32 Å². The van der Waals surface area contributed by atoms with Gasteiger partial charge < -0.3 is 10.6 Å². The lowest BCUT2D eigenvalue weighted by atomic mass is 10.0. The lowest BCUT2D eigenvalue weighted by molar-refractivity contribution is 0.717. The highest BCUT2D eigenvalue weighted by Gasteiger charge is 2.10. The van der Waals surface area contributed by atoms with Gasteiger partial charge in [-0.05, 0) is 69.6 Å². The molecule has 2 N–H and O–H groups in total. The molecule has 0 radical (unpaired) electrons. The molecule has 1 atom stereocenters. The normalized spacial score (nSPS) is 11.9. The van der Waals surface area contributed by atoms with Crippen LogP contribution in [0.3, 0.4) is 0 Å². The van der Waals surface area contributed by atoms with Gasteiger partial charge in [0, 0.05) is 5.69 Å². The summed E-state index contributed by atoms with van der Waals surface area (Å²) in [6.07, 6.45) is 0. The molecule has 3 heteroatoms. The molecule has 0 amide bonds. The third-order valence-electron chi connectivity index (χ3n) is 3.87. The average molecular weight is 312 g/mol. The molecule has 2 nitrogen and oxygen atoms in total. The van der Waals surface area contributed by atoms with Gasteiger partial charge in [0.25, 0.3) is 0 Å². The Labute approximate surface area is 139 Å². The number of hydrogen-bond donors (Lipinski definition) is 2. The van der Waals surface area contributed by atoms with Crippen LogP contribution in [0.5, 0.6) is 0 Å². The molecule has 2 aromatic rings. The molecule has 0 saturated carbocycles. The van der Waals surface area contributed by atoms with Crippen molar-refractivity contribution >= 4 is 23.0 Å². The molecular weight excluding hydrogens is 288 g/mol. The zero-order valence-electron chi connectivity index (χ0n) is 13.9. The number of thiocarbonyl (C=S) groups is 1. The van der Waals surface area contributed by atoms with Crippen LogP contribution in [0.1, 0.15) is 40.8 Å². The van der Waals surface area contributed by atoms with Gasteiger partial charge in [-0.3, -0.25) is 0 Å². The quantitative estimate of drug-likeness (QED) is 0.783. The van der Waals surface area contributed by atoms with Crippen LogP contribution < -0.4 is 10.6 Å². The predicted octanol–water partition coefficient (Wildman–Crippen LogP) is 4.97. The molecule has 0 spiro atoms. The first-order valence-electron chi connectivity index (χ1n) is 7.58. The van der Waals surface area contributed by atoms with E-state index < -0.39 is 0 Å². The summed E-state index contributed by atoms with van der Waals surface area (Å²) in [6.45, 7) is 10.6. The molecular formula is C19H24N2S. The van der Waals surface area contributed by atoms with E-state index in [4.69, 9.17) is 12.2 Å². The van der Waals surface area contributed by atoms with Gasteiger partial charge in [-0.1, -0.05) is 41.5 Å². The van der Waals surface area contributed by atoms with Crippen molar-refractivity contribution in [3.63, 3.8) is 0 Å². The van der Waals surface area contributed by atoms with Gasteiger partial charge in [0.15, 0.2) is 5.11 Å². The summed E-state index contributed by atoms with van der Waals surface area (Å²) in [6, 6.07) is 13.0. The van der Waals surface area contributed by atoms with Gasteiger partial charge in [-0.15, -0.1) is 0 Å². The second kappa shape index (κ2) is 6.93. The maximum atomic E-state index is 5.45. The minimum absolute atomic E-state index is 0.173. The van der Waals surface area contributed by atoms with Crippen molar-refractivity contribution in [1.29, 1.82) is 0 Å². The topological polar surface area (TPSA) is 24.1 Å². The van der Waals surface area contributed by atoms with Crippen LogP contribution in [0, 0.1) is 27.7 Å². The Balaban J connectivity index is 2.05. The molecule has 22 heavy (non-hydrogen) atoms. The summed E-state index contributed by atoms with van der Waals surface area (Å²) in [5.74, 6) is 0. The molecule has 116 valence electrons. The highest BCUT2D eigenvalue weighted by molar-refractivity contribution is 7.80. The fraction of sp³-hybridized carbons (Fsp3) is 0.316. The van der Waals surface area contributed by atoms with Crippen LogP contribution in [-0.4, -0.2) is 5.11 Å². The number of anilines is 1. The van der Waals surface area contributed by atoms with Gasteiger partial charge in [-0.2, -0.15) is 0 Å². The monoisotopic (exact) mass is 312 g/mol. The van der Waals surface area contributed by atoms with E-state index in [2.05, 4.69) is 81.7 Å². The number of aryl methyl sites for hydroxylation is 4. The predicted molar refractivity (Wildman–Crippen MR) is 99.6 cm³/mol. The van der Waals surface area contributed by atoms with Crippen LogP contribution >= 0.6 is 12.2 Å². The van der Waals surface area contributed by atoms with Crippen LogP contribution in [0.4, 0.5) is 5.69 Å². The molecule has 0 aliphatic carbocycles. The van der Waals surface area contributed by atoms with E-state index in [1.807, 2.05) is 0 Å². The highest BCUT2D eigenvalue weighted by Crippen LogP contribution is 2.20. The Morgan fingerprint density at radius 1 is 0.909 bits per heavy atom. The standard InChI is InChI=1S/C19H24N2S/c1-12-6-8-17(14(3)10-12)16(5)20-19(22)21-18-9-7-13(2)11-15(18)4/h6-11,16H,1-5H3,(H2,20,21,22). The summed E-state index contributed by atoms with van der Waals surface area (Å²) in [7, 11) is 0. The summed E-state index contributed by atoms with van der Waals surface area (Å²) in [5, 5.41) is 7.31. The van der Waals surface area contributed by atoms with Crippen molar-refractivity contribution in [2.75, 3.05) is 5.32 Å². The van der Waals surface area contributed by atoms with E-state index in [1.165, 1.54) is 27.8 Å². The molecule has 0 aromatic heterocycles. The number of benzene rings is 2. The summed E-state index contributed by atoms with van der Waals surface area (Å²) >= 11 is 5.45. The summed E-state index contributed by atoms with van der Waals surface area (Å²) in [4.78, 5) is 0. The highest BCUT2D eigenvalue weighted by atomic mass is 32.1. The molecule has 1 unspecified atom stereocenters. The average Bonchev–Trinajstić information content (AvgIpc) is 2.41. The third kappa shape index (κ3) is 4.08. The van der Waals surface area contributed by atoms with Crippen LogP contribution in [0.25, 0.3) is 0 Å². The van der Waals surface area contributed by atoms with Crippen molar-refractivity contribution in [2.45, 2.75) is 40.7 Å². The molecule has 0 aliphatic rings. The zero-order chi connectivity index (χ0) is 16.3. The minimum atomic E-state index is 0.173. The fourth-order valence-electron chi connectivity index (χ4n) is 2.70. The summed E-state index contributed by atoms with van der Waals surface area (Å²) < 4.78 is 0.